The third kappa shape index (κ3) is 6.02. The van der Waals surface area contributed by atoms with Gasteiger partial charge in [0.05, 0.1) is 13.1 Å². The first-order chi connectivity index (χ1) is 9.17. The van der Waals surface area contributed by atoms with Gasteiger partial charge in [-0.3, -0.25) is 14.5 Å². The number of nitrogens with zero attached hydrogens (tertiary/aromatic N) is 1. The monoisotopic (exact) mass is 270 g/mol. The molecule has 0 aromatic carbocycles. The molecular weight excluding hydrogens is 244 g/mol. The Kier molecular flexibility index (Phi) is 7.43. The molecule has 1 aliphatic heterocycles. The molecule has 2 amide bonds. The highest BCUT2D eigenvalue weighted by Crippen LogP contribution is 2.18. The van der Waals surface area contributed by atoms with Crippen LogP contribution in [0.5, 0.6) is 0 Å². The lowest BCUT2D eigenvalue weighted by molar-refractivity contribution is -0.125. The number of nitrogens with one attached hydrogen (secondary N) is 2. The Balaban J connectivity index is 2.14. The maximum atomic E-state index is 11.5. The van der Waals surface area contributed by atoms with E-state index in [9.17, 15) is 9.59 Å². The minimum Gasteiger partial charge on any atom is -0.353 e. The minimum atomic E-state index is -0.308. The molecule has 0 radical (unpaired) electrons. The summed E-state index contributed by atoms with van der Waals surface area (Å²) in [7, 11) is 0. The average Bonchev–Trinajstić information content (AvgIpc) is 2.45. The van der Waals surface area contributed by atoms with E-state index in [0.717, 1.165) is 13.1 Å². The van der Waals surface area contributed by atoms with Gasteiger partial charge in [-0.1, -0.05) is 13.3 Å². The van der Waals surface area contributed by atoms with Crippen molar-refractivity contribution in [2.75, 3.05) is 32.7 Å². The zero-order valence-corrected chi connectivity index (χ0v) is 11.8. The van der Waals surface area contributed by atoms with Crippen LogP contribution in [0, 0.1) is 0 Å². The highest BCUT2D eigenvalue weighted by Gasteiger charge is 2.20. The molecule has 1 unspecified atom stereocenters. The van der Waals surface area contributed by atoms with Gasteiger partial charge in [0.25, 0.3) is 0 Å². The smallest absolute Gasteiger partial charge is 0.239 e. The van der Waals surface area contributed by atoms with Gasteiger partial charge < -0.3 is 16.4 Å². The van der Waals surface area contributed by atoms with E-state index in [1.165, 1.54) is 25.7 Å². The van der Waals surface area contributed by atoms with Crippen LogP contribution in [0.15, 0.2) is 0 Å². The van der Waals surface area contributed by atoms with Crippen molar-refractivity contribution in [1.82, 2.24) is 15.5 Å². The molecule has 0 aromatic rings. The predicted octanol–water partition coefficient (Wildman–Crippen LogP) is -0.558. The molecule has 6 heteroatoms. The summed E-state index contributed by atoms with van der Waals surface area (Å²) in [4.78, 5) is 24.8. The molecule has 19 heavy (non-hydrogen) atoms. The van der Waals surface area contributed by atoms with Gasteiger partial charge in [0.15, 0.2) is 0 Å². The first kappa shape index (κ1) is 15.9. The van der Waals surface area contributed by atoms with Crippen molar-refractivity contribution in [3.63, 3.8) is 0 Å². The fourth-order valence-electron chi connectivity index (χ4n) is 2.47. The van der Waals surface area contributed by atoms with E-state index in [1.807, 2.05) is 0 Å². The molecule has 1 saturated heterocycles. The van der Waals surface area contributed by atoms with Crippen molar-refractivity contribution in [3.05, 3.63) is 0 Å². The second-order valence-corrected chi connectivity index (χ2v) is 4.92. The number of hydrogen-bond acceptors (Lipinski definition) is 4. The minimum absolute atomic E-state index is 0.00718. The van der Waals surface area contributed by atoms with E-state index < -0.39 is 0 Å². The summed E-state index contributed by atoms with van der Waals surface area (Å²) < 4.78 is 0. The SMILES string of the molecule is CCC1CCCCN1CCNC(=O)CNC(=O)CN. The molecule has 0 spiro atoms. The van der Waals surface area contributed by atoms with Crippen molar-refractivity contribution in [2.45, 2.75) is 38.6 Å². The van der Waals surface area contributed by atoms with Gasteiger partial charge in [-0.2, -0.15) is 0 Å². The highest BCUT2D eigenvalue weighted by atomic mass is 16.2. The number of nitrogens with two attached hydrogens (primary N) is 1. The topological polar surface area (TPSA) is 87.5 Å². The van der Waals surface area contributed by atoms with E-state index in [-0.39, 0.29) is 24.9 Å². The lowest BCUT2D eigenvalue weighted by Gasteiger charge is -2.35. The van der Waals surface area contributed by atoms with Gasteiger partial charge >= 0.3 is 0 Å². The summed E-state index contributed by atoms with van der Waals surface area (Å²) >= 11 is 0. The summed E-state index contributed by atoms with van der Waals surface area (Å²) in [5.41, 5.74) is 5.14. The Morgan fingerprint density at radius 3 is 2.74 bits per heavy atom. The third-order valence-electron chi connectivity index (χ3n) is 3.57. The van der Waals surface area contributed by atoms with Crippen molar-refractivity contribution in [3.8, 4) is 0 Å². The zero-order valence-electron chi connectivity index (χ0n) is 11.8. The third-order valence-corrected chi connectivity index (χ3v) is 3.57. The van der Waals surface area contributed by atoms with Crippen LogP contribution in [0.25, 0.3) is 0 Å². The van der Waals surface area contributed by atoms with E-state index in [2.05, 4.69) is 22.5 Å². The lowest BCUT2D eigenvalue weighted by Crippen LogP contribution is -2.45. The van der Waals surface area contributed by atoms with Gasteiger partial charge in [0.1, 0.15) is 0 Å². The van der Waals surface area contributed by atoms with Crippen LogP contribution >= 0.6 is 0 Å². The van der Waals surface area contributed by atoms with Crippen molar-refractivity contribution < 1.29 is 9.59 Å². The van der Waals surface area contributed by atoms with Gasteiger partial charge in [-0.05, 0) is 25.8 Å². The average molecular weight is 270 g/mol. The highest BCUT2D eigenvalue weighted by molar-refractivity contribution is 5.85. The molecule has 0 saturated carbocycles. The van der Waals surface area contributed by atoms with Crippen LogP contribution < -0.4 is 16.4 Å². The number of carbonyl (C=O) groups excluding carboxylic acids is 2. The van der Waals surface area contributed by atoms with Crippen LogP contribution in [-0.2, 0) is 9.59 Å². The summed E-state index contributed by atoms with van der Waals surface area (Å²) in [6, 6.07) is 0.655. The molecule has 1 fully saturated rings. The Labute approximate surface area is 115 Å². The van der Waals surface area contributed by atoms with Crippen LogP contribution in [0.1, 0.15) is 32.6 Å². The van der Waals surface area contributed by atoms with Crippen molar-refractivity contribution in [2.24, 2.45) is 5.73 Å². The van der Waals surface area contributed by atoms with Crippen LogP contribution in [-0.4, -0.2) is 55.5 Å². The summed E-state index contributed by atoms with van der Waals surface area (Å²) in [5, 5.41) is 5.27. The molecule has 1 atom stereocenters. The number of hydrogen-bond donors (Lipinski definition) is 3. The molecule has 1 heterocycles. The number of amides is 2. The molecule has 4 N–H and O–H groups in total. The molecule has 1 aliphatic rings. The van der Waals surface area contributed by atoms with E-state index in [1.54, 1.807) is 0 Å². The maximum Gasteiger partial charge on any atom is 0.239 e. The number of piperidine rings is 1. The molecule has 110 valence electrons. The second kappa shape index (κ2) is 8.87. The van der Waals surface area contributed by atoms with Gasteiger partial charge in [-0.15, -0.1) is 0 Å². The Morgan fingerprint density at radius 2 is 2.05 bits per heavy atom. The largest absolute Gasteiger partial charge is 0.353 e. The fraction of sp³-hybridized carbons (Fsp3) is 0.846. The quantitative estimate of drug-likeness (QED) is 0.579. The number of carbonyl (C=O) groups is 2. The normalized spacial score (nSPS) is 20.0. The van der Waals surface area contributed by atoms with Crippen LogP contribution in [0.4, 0.5) is 0 Å². The summed E-state index contributed by atoms with van der Waals surface area (Å²) in [5.74, 6) is -0.468. The molecule has 0 bridgehead atoms. The maximum absolute atomic E-state index is 11.5. The zero-order chi connectivity index (χ0) is 14.1. The number of likely N-dealkylation sites (tertiary alicyclic amines) is 1. The first-order valence-corrected chi connectivity index (χ1v) is 7.14. The molecular formula is C13H26N4O2. The molecule has 1 rings (SSSR count). The molecule has 0 aliphatic carbocycles. The van der Waals surface area contributed by atoms with E-state index in [0.29, 0.717) is 12.6 Å². The van der Waals surface area contributed by atoms with E-state index >= 15 is 0 Å². The van der Waals surface area contributed by atoms with Gasteiger partial charge in [-0.25, -0.2) is 0 Å². The summed E-state index contributed by atoms with van der Waals surface area (Å²) in [6.07, 6.45) is 4.99. The van der Waals surface area contributed by atoms with Crippen LogP contribution in [0.3, 0.4) is 0 Å². The number of rotatable bonds is 7. The van der Waals surface area contributed by atoms with Crippen molar-refractivity contribution >= 4 is 11.8 Å². The van der Waals surface area contributed by atoms with E-state index in [4.69, 9.17) is 5.73 Å². The Hall–Kier alpha value is -1.14. The fourth-order valence-corrected chi connectivity index (χ4v) is 2.47. The van der Waals surface area contributed by atoms with Gasteiger partial charge in [0.2, 0.25) is 11.8 Å². The van der Waals surface area contributed by atoms with Gasteiger partial charge in [0, 0.05) is 19.1 Å². The summed E-state index contributed by atoms with van der Waals surface area (Å²) in [6.45, 7) is 4.78. The van der Waals surface area contributed by atoms with Crippen molar-refractivity contribution in [1.29, 1.82) is 0 Å². The first-order valence-electron chi connectivity index (χ1n) is 7.14. The standard InChI is InChI=1S/C13H26N4O2/c1-2-11-5-3-4-7-17(11)8-6-15-13(19)10-16-12(18)9-14/h11H,2-10,14H2,1H3,(H,15,19)(H,16,18). The van der Waals surface area contributed by atoms with Crippen LogP contribution in [0.2, 0.25) is 0 Å². The Morgan fingerprint density at radius 1 is 1.26 bits per heavy atom. The predicted molar refractivity (Wildman–Crippen MR) is 74.6 cm³/mol. The lowest BCUT2D eigenvalue weighted by atomic mass is 10.0. The molecule has 0 aromatic heterocycles. The molecule has 6 nitrogen and oxygen atoms in total. The second-order valence-electron chi connectivity index (χ2n) is 4.92. The Bertz CT molecular complexity index is 296.